The van der Waals surface area contributed by atoms with E-state index in [0.29, 0.717) is 18.0 Å². The minimum absolute atomic E-state index is 0.0314. The second-order valence-corrected chi connectivity index (χ2v) is 9.28. The van der Waals surface area contributed by atoms with Gasteiger partial charge in [-0.05, 0) is 55.0 Å². The van der Waals surface area contributed by atoms with Gasteiger partial charge >= 0.3 is 0 Å². The first-order chi connectivity index (χ1) is 14.6. The van der Waals surface area contributed by atoms with E-state index in [1.165, 1.54) is 10.6 Å². The zero-order valence-corrected chi connectivity index (χ0v) is 18.4. The number of nitriles is 1. The highest BCUT2D eigenvalue weighted by atomic mass is 32.1. The number of carbonyl (C=O) groups excluding carboxylic acids is 1. The Bertz CT molecular complexity index is 939. The van der Waals surface area contributed by atoms with Gasteiger partial charge in [-0.1, -0.05) is 6.92 Å². The Morgan fingerprint density at radius 2 is 2.00 bits per heavy atom. The summed E-state index contributed by atoms with van der Waals surface area (Å²) in [4.78, 5) is 18.4. The van der Waals surface area contributed by atoms with E-state index in [1.807, 2.05) is 12.1 Å². The number of nitrogens with zero attached hydrogens (tertiary/aromatic N) is 3. The van der Waals surface area contributed by atoms with Crippen molar-refractivity contribution in [3.8, 4) is 11.8 Å². The van der Waals surface area contributed by atoms with Gasteiger partial charge in [0.25, 0.3) is 0 Å². The molecule has 1 fully saturated rings. The van der Waals surface area contributed by atoms with Crippen molar-refractivity contribution in [1.82, 2.24) is 4.90 Å². The van der Waals surface area contributed by atoms with E-state index in [4.69, 9.17) is 4.74 Å². The van der Waals surface area contributed by atoms with Crippen LogP contribution < -0.4 is 15.0 Å². The highest BCUT2D eigenvalue weighted by Crippen LogP contribution is 2.39. The van der Waals surface area contributed by atoms with Crippen molar-refractivity contribution < 1.29 is 9.53 Å². The van der Waals surface area contributed by atoms with Gasteiger partial charge in [0.2, 0.25) is 5.91 Å². The third-order valence-corrected chi connectivity index (χ3v) is 7.22. The number of benzene rings is 1. The molecule has 2 aromatic rings. The molecule has 7 heteroatoms. The van der Waals surface area contributed by atoms with E-state index in [1.54, 1.807) is 18.4 Å². The molecule has 1 atom stereocenters. The van der Waals surface area contributed by atoms with E-state index in [0.717, 1.165) is 61.8 Å². The van der Waals surface area contributed by atoms with Crippen molar-refractivity contribution in [1.29, 1.82) is 5.26 Å². The van der Waals surface area contributed by atoms with Crippen LogP contribution >= 0.6 is 11.3 Å². The Morgan fingerprint density at radius 1 is 1.27 bits per heavy atom. The molecule has 0 unspecified atom stereocenters. The Balaban J connectivity index is 1.32. The zero-order valence-electron chi connectivity index (χ0n) is 17.6. The lowest BCUT2D eigenvalue weighted by Crippen LogP contribution is -2.48. The zero-order chi connectivity index (χ0) is 21.1. The number of rotatable bonds is 5. The summed E-state index contributed by atoms with van der Waals surface area (Å²) in [6.45, 7) is 6.05. The third kappa shape index (κ3) is 4.45. The summed E-state index contributed by atoms with van der Waals surface area (Å²) in [7, 11) is 1.67. The molecule has 6 nitrogen and oxygen atoms in total. The van der Waals surface area contributed by atoms with Gasteiger partial charge in [-0.15, -0.1) is 11.3 Å². The average molecular weight is 425 g/mol. The van der Waals surface area contributed by atoms with E-state index >= 15 is 0 Å². The standard InChI is InChI=1S/C23H28N4O2S/c1-16-3-8-19-20(14-24)23(30-21(19)13-16)25-22(28)15-26-9-11-27(12-10-26)17-4-6-18(29-2)7-5-17/h4-7,16H,3,8-13,15H2,1-2H3,(H,25,28)/t16-/m1/s1. The van der Waals surface area contributed by atoms with Crippen LogP contribution in [0.4, 0.5) is 10.7 Å². The van der Waals surface area contributed by atoms with Gasteiger partial charge in [0.1, 0.15) is 16.8 Å². The molecule has 0 spiro atoms. The van der Waals surface area contributed by atoms with Crippen molar-refractivity contribution >= 4 is 27.9 Å². The van der Waals surface area contributed by atoms with Crippen molar-refractivity contribution in [2.24, 2.45) is 5.92 Å². The summed E-state index contributed by atoms with van der Waals surface area (Å²) in [6.07, 6.45) is 3.07. The molecular formula is C23H28N4O2S. The highest BCUT2D eigenvalue weighted by Gasteiger charge is 2.25. The van der Waals surface area contributed by atoms with Crippen LogP contribution in [0.1, 0.15) is 29.3 Å². The Morgan fingerprint density at radius 3 is 2.67 bits per heavy atom. The molecule has 0 saturated carbocycles. The fraction of sp³-hybridized carbons (Fsp3) is 0.478. The van der Waals surface area contributed by atoms with Crippen LogP contribution in [0.15, 0.2) is 24.3 Å². The molecule has 30 heavy (non-hydrogen) atoms. The first-order valence-corrected chi connectivity index (χ1v) is 11.3. The molecular weight excluding hydrogens is 396 g/mol. The molecule has 1 aromatic heterocycles. The highest BCUT2D eigenvalue weighted by molar-refractivity contribution is 7.16. The quantitative estimate of drug-likeness (QED) is 0.795. The lowest BCUT2D eigenvalue weighted by atomic mass is 9.89. The number of piperazine rings is 1. The molecule has 0 bridgehead atoms. The summed E-state index contributed by atoms with van der Waals surface area (Å²) in [5.41, 5.74) is 3.01. The summed E-state index contributed by atoms with van der Waals surface area (Å²) < 4.78 is 5.22. The van der Waals surface area contributed by atoms with E-state index in [9.17, 15) is 10.1 Å². The van der Waals surface area contributed by atoms with E-state index in [2.05, 4.69) is 40.2 Å². The lowest BCUT2D eigenvalue weighted by Gasteiger charge is -2.35. The van der Waals surface area contributed by atoms with Crippen molar-refractivity contribution in [2.75, 3.05) is 50.1 Å². The molecule has 1 saturated heterocycles. The molecule has 1 amide bonds. The molecule has 0 radical (unpaired) electrons. The number of ether oxygens (including phenoxy) is 1. The number of thiophene rings is 1. The second-order valence-electron chi connectivity index (χ2n) is 8.18. The Labute approximate surface area is 182 Å². The number of hydrogen-bond acceptors (Lipinski definition) is 6. The van der Waals surface area contributed by atoms with Gasteiger partial charge in [-0.2, -0.15) is 5.26 Å². The Hall–Kier alpha value is -2.56. The van der Waals surface area contributed by atoms with Crippen LogP contribution in [0.3, 0.4) is 0 Å². The molecule has 2 aliphatic rings. The van der Waals surface area contributed by atoms with Crippen LogP contribution in [0, 0.1) is 17.2 Å². The number of anilines is 2. The maximum atomic E-state index is 12.7. The fourth-order valence-corrected chi connectivity index (χ4v) is 5.66. The molecule has 1 aliphatic heterocycles. The monoisotopic (exact) mass is 424 g/mol. The maximum absolute atomic E-state index is 12.7. The van der Waals surface area contributed by atoms with Gasteiger partial charge in [-0.25, -0.2) is 0 Å². The molecule has 2 heterocycles. The van der Waals surface area contributed by atoms with Gasteiger partial charge in [-0.3, -0.25) is 9.69 Å². The summed E-state index contributed by atoms with van der Waals surface area (Å²) in [5, 5.41) is 13.4. The van der Waals surface area contributed by atoms with Gasteiger partial charge < -0.3 is 15.0 Å². The predicted molar refractivity (Wildman–Crippen MR) is 120 cm³/mol. The number of amides is 1. The number of nitrogens with one attached hydrogen (secondary N) is 1. The summed E-state index contributed by atoms with van der Waals surface area (Å²) in [5.74, 6) is 1.47. The minimum Gasteiger partial charge on any atom is -0.497 e. The van der Waals surface area contributed by atoms with Crippen LogP contribution in [0.25, 0.3) is 0 Å². The number of carbonyl (C=O) groups is 1. The van der Waals surface area contributed by atoms with Gasteiger partial charge in [0.05, 0.1) is 19.2 Å². The smallest absolute Gasteiger partial charge is 0.239 e. The first-order valence-electron chi connectivity index (χ1n) is 10.5. The molecule has 1 aromatic carbocycles. The molecule has 1 aliphatic carbocycles. The number of hydrogen-bond donors (Lipinski definition) is 1. The molecule has 1 N–H and O–H groups in total. The summed E-state index contributed by atoms with van der Waals surface area (Å²) in [6, 6.07) is 10.4. The Kier molecular flexibility index (Phi) is 6.26. The number of methoxy groups -OCH3 is 1. The molecule has 158 valence electrons. The van der Waals surface area contributed by atoms with Gasteiger partial charge in [0.15, 0.2) is 0 Å². The predicted octanol–water partition coefficient (Wildman–Crippen LogP) is 3.51. The van der Waals surface area contributed by atoms with Crippen molar-refractivity contribution in [2.45, 2.75) is 26.2 Å². The largest absolute Gasteiger partial charge is 0.497 e. The van der Waals surface area contributed by atoms with Crippen LogP contribution in [0.2, 0.25) is 0 Å². The van der Waals surface area contributed by atoms with Crippen molar-refractivity contribution in [3.05, 3.63) is 40.3 Å². The lowest BCUT2D eigenvalue weighted by molar-refractivity contribution is -0.117. The van der Waals surface area contributed by atoms with E-state index < -0.39 is 0 Å². The van der Waals surface area contributed by atoms with Crippen LogP contribution in [0.5, 0.6) is 5.75 Å². The van der Waals surface area contributed by atoms with Crippen molar-refractivity contribution in [3.63, 3.8) is 0 Å². The first kappa shape index (κ1) is 20.7. The average Bonchev–Trinajstić information content (AvgIpc) is 3.10. The second kappa shape index (κ2) is 9.07. The third-order valence-electron chi connectivity index (χ3n) is 6.05. The molecule has 4 rings (SSSR count). The van der Waals surface area contributed by atoms with Crippen LogP contribution in [-0.4, -0.2) is 50.6 Å². The van der Waals surface area contributed by atoms with E-state index in [-0.39, 0.29) is 5.91 Å². The summed E-state index contributed by atoms with van der Waals surface area (Å²) >= 11 is 1.59. The minimum atomic E-state index is -0.0314. The number of fused-ring (bicyclic) bond motifs is 1. The van der Waals surface area contributed by atoms with Crippen LogP contribution in [-0.2, 0) is 17.6 Å². The van der Waals surface area contributed by atoms with Gasteiger partial charge in [0, 0.05) is 36.7 Å². The fourth-order valence-electron chi connectivity index (χ4n) is 4.28. The topological polar surface area (TPSA) is 68.6 Å². The normalized spacial score (nSPS) is 19.1. The SMILES string of the molecule is COc1ccc(N2CCN(CC(=O)Nc3sc4c(c3C#N)CC[C@@H](C)C4)CC2)cc1. The maximum Gasteiger partial charge on any atom is 0.239 e.